The summed E-state index contributed by atoms with van der Waals surface area (Å²) in [5, 5.41) is 23.0. The lowest BCUT2D eigenvalue weighted by Crippen LogP contribution is -2.45. The van der Waals surface area contributed by atoms with Crippen LogP contribution in [0.4, 0.5) is 0 Å². The van der Waals surface area contributed by atoms with E-state index in [-0.39, 0.29) is 18.5 Å². The molecule has 0 aromatic rings. The number of carbonyl (C=O) groups is 2. The van der Waals surface area contributed by atoms with Gasteiger partial charge in [0, 0.05) is 12.8 Å². The van der Waals surface area contributed by atoms with Gasteiger partial charge in [-0.2, -0.15) is 0 Å². The molecule has 0 spiro atoms. The molecule has 0 aliphatic heterocycles. The van der Waals surface area contributed by atoms with Crippen molar-refractivity contribution < 1.29 is 24.5 Å². The number of rotatable bonds is 42. The van der Waals surface area contributed by atoms with Gasteiger partial charge in [-0.1, -0.05) is 192 Å². The van der Waals surface area contributed by atoms with Gasteiger partial charge in [0.05, 0.1) is 25.4 Å². The second-order valence-corrected chi connectivity index (χ2v) is 15.7. The molecule has 0 bridgehead atoms. The Balaban J connectivity index is 3.55. The second-order valence-electron chi connectivity index (χ2n) is 15.7. The van der Waals surface area contributed by atoms with E-state index in [0.717, 1.165) is 57.8 Å². The fourth-order valence-electron chi connectivity index (χ4n) is 6.86. The van der Waals surface area contributed by atoms with Crippen LogP contribution in [0.25, 0.3) is 0 Å². The topological polar surface area (TPSA) is 95.9 Å². The van der Waals surface area contributed by atoms with E-state index in [9.17, 15) is 19.8 Å². The Kier molecular flexibility index (Phi) is 41.7. The number of esters is 1. The summed E-state index contributed by atoms with van der Waals surface area (Å²) < 4.78 is 5.43. The lowest BCUT2D eigenvalue weighted by molar-refractivity contribution is -0.143. The highest BCUT2D eigenvalue weighted by atomic mass is 16.5. The summed E-state index contributed by atoms with van der Waals surface area (Å²) in [6, 6.07) is -0.647. The summed E-state index contributed by atoms with van der Waals surface area (Å²) >= 11 is 0. The van der Waals surface area contributed by atoms with Gasteiger partial charge in [-0.05, 0) is 57.8 Å². The molecule has 6 nitrogen and oxygen atoms in total. The number of aliphatic hydroxyl groups excluding tert-OH is 2. The first-order chi connectivity index (χ1) is 26.0. The summed E-state index contributed by atoms with van der Waals surface area (Å²) in [6.07, 6.45) is 48.7. The molecule has 312 valence electrons. The number of amides is 1. The number of allylic oxidation sites excluding steroid dienone is 3. The van der Waals surface area contributed by atoms with E-state index < -0.39 is 12.1 Å². The van der Waals surface area contributed by atoms with Gasteiger partial charge >= 0.3 is 5.97 Å². The third kappa shape index (κ3) is 39.8. The number of nitrogens with one attached hydrogen (secondary N) is 1. The lowest BCUT2D eigenvalue weighted by atomic mass is 10.0. The maximum absolute atomic E-state index is 12.4. The van der Waals surface area contributed by atoms with Gasteiger partial charge in [-0.25, -0.2) is 0 Å². The third-order valence-electron chi connectivity index (χ3n) is 10.5. The van der Waals surface area contributed by atoms with Gasteiger partial charge in [0.1, 0.15) is 0 Å². The largest absolute Gasteiger partial charge is 0.466 e. The van der Waals surface area contributed by atoms with Gasteiger partial charge in [0.2, 0.25) is 5.91 Å². The van der Waals surface area contributed by atoms with Crippen molar-refractivity contribution in [2.24, 2.45) is 0 Å². The van der Waals surface area contributed by atoms with Crippen molar-refractivity contribution in [1.29, 1.82) is 0 Å². The van der Waals surface area contributed by atoms with Gasteiger partial charge in [-0.3, -0.25) is 9.59 Å². The molecule has 3 N–H and O–H groups in total. The lowest BCUT2D eigenvalue weighted by Gasteiger charge is -2.20. The van der Waals surface area contributed by atoms with E-state index in [1.165, 1.54) is 154 Å². The first-order valence-corrected chi connectivity index (χ1v) is 23.1. The summed E-state index contributed by atoms with van der Waals surface area (Å²) in [6.45, 7) is 4.80. The molecule has 0 heterocycles. The van der Waals surface area contributed by atoms with Crippen molar-refractivity contribution in [3.8, 4) is 0 Å². The molecule has 0 rings (SSSR count). The molecule has 0 saturated carbocycles. The van der Waals surface area contributed by atoms with Crippen LogP contribution in [-0.4, -0.2) is 47.4 Å². The predicted molar refractivity (Wildman–Crippen MR) is 227 cm³/mol. The minimum atomic E-state index is -0.861. The highest BCUT2D eigenvalue weighted by molar-refractivity contribution is 5.76. The minimum absolute atomic E-state index is 0.0372. The first-order valence-electron chi connectivity index (χ1n) is 23.1. The zero-order chi connectivity index (χ0) is 38.7. The van der Waals surface area contributed by atoms with E-state index in [1.807, 2.05) is 6.08 Å². The molecule has 0 aliphatic carbocycles. The molecule has 0 aliphatic rings. The Morgan fingerprint density at radius 3 is 1.36 bits per heavy atom. The van der Waals surface area contributed by atoms with E-state index in [4.69, 9.17) is 4.74 Å². The Morgan fingerprint density at radius 2 is 0.887 bits per heavy atom. The first kappa shape index (κ1) is 51.3. The van der Waals surface area contributed by atoms with Gasteiger partial charge < -0.3 is 20.3 Å². The highest BCUT2D eigenvalue weighted by Gasteiger charge is 2.18. The van der Waals surface area contributed by atoms with Crippen molar-refractivity contribution in [2.75, 3.05) is 13.2 Å². The Bertz CT molecular complexity index is 828. The highest BCUT2D eigenvalue weighted by Crippen LogP contribution is 2.14. The van der Waals surface area contributed by atoms with Crippen LogP contribution in [0.15, 0.2) is 24.3 Å². The Hall–Kier alpha value is -1.66. The number of unbranched alkanes of at least 4 members (excludes halogenated alkanes) is 29. The molecule has 6 heteroatoms. The number of ether oxygens (including phenoxy) is 1. The molecular formula is C47H89NO5. The maximum Gasteiger partial charge on any atom is 0.305 e. The van der Waals surface area contributed by atoms with Gasteiger partial charge in [0.25, 0.3) is 0 Å². The third-order valence-corrected chi connectivity index (χ3v) is 10.5. The van der Waals surface area contributed by atoms with Crippen molar-refractivity contribution in [3.63, 3.8) is 0 Å². The summed E-state index contributed by atoms with van der Waals surface area (Å²) in [4.78, 5) is 24.4. The smallest absolute Gasteiger partial charge is 0.305 e. The normalized spacial score (nSPS) is 12.9. The Morgan fingerprint density at radius 1 is 0.509 bits per heavy atom. The van der Waals surface area contributed by atoms with Crippen LogP contribution in [0.2, 0.25) is 0 Å². The van der Waals surface area contributed by atoms with Crippen LogP contribution < -0.4 is 5.32 Å². The molecule has 0 saturated heterocycles. The summed E-state index contributed by atoms with van der Waals surface area (Å²) in [5.74, 6) is -0.134. The fourth-order valence-corrected chi connectivity index (χ4v) is 6.86. The quantitative estimate of drug-likeness (QED) is 0.0328. The zero-order valence-corrected chi connectivity index (χ0v) is 35.2. The molecule has 0 aromatic carbocycles. The number of hydrogen-bond donors (Lipinski definition) is 3. The van der Waals surface area contributed by atoms with Crippen molar-refractivity contribution in [2.45, 2.75) is 251 Å². The van der Waals surface area contributed by atoms with Crippen LogP contribution in [0.5, 0.6) is 0 Å². The summed E-state index contributed by atoms with van der Waals surface area (Å²) in [7, 11) is 0. The van der Waals surface area contributed by atoms with Crippen molar-refractivity contribution in [3.05, 3.63) is 24.3 Å². The minimum Gasteiger partial charge on any atom is -0.466 e. The monoisotopic (exact) mass is 748 g/mol. The number of hydrogen-bond acceptors (Lipinski definition) is 5. The van der Waals surface area contributed by atoms with Crippen molar-refractivity contribution >= 4 is 11.9 Å². The average Bonchev–Trinajstić information content (AvgIpc) is 3.16. The van der Waals surface area contributed by atoms with Crippen molar-refractivity contribution in [1.82, 2.24) is 5.32 Å². The molecular weight excluding hydrogens is 659 g/mol. The molecule has 0 fully saturated rings. The molecule has 2 unspecified atom stereocenters. The molecule has 1 amide bonds. The second kappa shape index (κ2) is 43.1. The number of carbonyl (C=O) groups excluding carboxylic acids is 2. The van der Waals surface area contributed by atoms with E-state index >= 15 is 0 Å². The standard InChI is InChI=1S/C47H89NO5/c1-3-5-7-9-11-13-15-17-19-20-23-27-31-35-39-45(50)44(43-49)48-46(51)40-36-32-28-24-22-26-30-34-38-42-53-47(52)41-37-33-29-25-21-18-16-14-12-10-8-6-4-2/h14,16,35,39,44-45,49-50H,3-13,15,17-34,36-38,40-43H2,1-2H3,(H,48,51)/b16-14-,39-35+. The summed E-state index contributed by atoms with van der Waals surface area (Å²) in [5.41, 5.74) is 0. The van der Waals surface area contributed by atoms with Crippen LogP contribution >= 0.6 is 0 Å². The van der Waals surface area contributed by atoms with Gasteiger partial charge in [-0.15, -0.1) is 0 Å². The van der Waals surface area contributed by atoms with E-state index in [0.29, 0.717) is 19.4 Å². The van der Waals surface area contributed by atoms with Gasteiger partial charge in [0.15, 0.2) is 0 Å². The molecule has 2 atom stereocenters. The molecule has 0 aromatic heterocycles. The van der Waals surface area contributed by atoms with Crippen LogP contribution in [0.1, 0.15) is 239 Å². The van der Waals surface area contributed by atoms with Crippen LogP contribution in [0, 0.1) is 0 Å². The zero-order valence-electron chi connectivity index (χ0n) is 35.2. The Labute approximate surface area is 329 Å². The fraction of sp³-hybridized carbons (Fsp3) is 0.872. The van der Waals surface area contributed by atoms with Crippen LogP contribution in [-0.2, 0) is 14.3 Å². The number of aliphatic hydroxyl groups is 2. The van der Waals surface area contributed by atoms with E-state index in [1.54, 1.807) is 6.08 Å². The molecule has 0 radical (unpaired) electrons. The van der Waals surface area contributed by atoms with Crippen LogP contribution in [0.3, 0.4) is 0 Å². The molecule has 53 heavy (non-hydrogen) atoms. The predicted octanol–water partition coefficient (Wildman–Crippen LogP) is 13.2. The van der Waals surface area contributed by atoms with E-state index in [2.05, 4.69) is 31.3 Å². The maximum atomic E-state index is 12.4. The average molecular weight is 748 g/mol. The SMILES string of the molecule is CCCCCC/C=C\CCCCCCCC(=O)OCCCCCCCCCCCC(=O)NC(CO)C(O)/C=C/CCCCCCCCCCCCCC.